The number of nitrogens with zero attached hydrogens (tertiary/aromatic N) is 3. The fraction of sp³-hybridized carbons (Fsp3) is 0.412. The highest BCUT2D eigenvalue weighted by Crippen LogP contribution is 2.35. The molecule has 0 aliphatic carbocycles. The Hall–Kier alpha value is -3.11. The predicted octanol–water partition coefficient (Wildman–Crippen LogP) is 3.39. The van der Waals surface area contributed by atoms with Crippen LogP contribution < -0.4 is 5.32 Å². The van der Waals surface area contributed by atoms with E-state index in [1.165, 1.54) is 4.90 Å². The molecule has 0 bridgehead atoms. The summed E-state index contributed by atoms with van der Waals surface area (Å²) in [4.78, 5) is 29.0. The molecule has 2 heterocycles. The number of carbonyl (C=O) groups is 2. The van der Waals surface area contributed by atoms with Gasteiger partial charge >= 0.3 is 18.2 Å². The molecule has 1 atom stereocenters. The third-order valence-electron chi connectivity index (χ3n) is 4.40. The Labute approximate surface area is 157 Å². The van der Waals surface area contributed by atoms with Crippen molar-refractivity contribution in [3.8, 4) is 11.5 Å². The summed E-state index contributed by atoms with van der Waals surface area (Å²) in [7, 11) is 0. The number of carboxylic acids is 1. The zero-order valence-corrected chi connectivity index (χ0v) is 14.8. The number of aryl methyl sites for hydroxylation is 1. The van der Waals surface area contributed by atoms with Crippen molar-refractivity contribution in [2.24, 2.45) is 5.92 Å². The quantitative estimate of drug-likeness (QED) is 0.820. The number of carboxylic acid groups (broad SMARTS) is 1. The molecule has 0 radical (unpaired) electrons. The highest BCUT2D eigenvalue weighted by Gasteiger charge is 2.33. The number of alkyl halides is 3. The lowest BCUT2D eigenvalue weighted by Gasteiger charge is -2.31. The number of hydrogen-bond donors (Lipinski definition) is 2. The van der Waals surface area contributed by atoms with Crippen LogP contribution >= 0.6 is 0 Å². The van der Waals surface area contributed by atoms with Crippen LogP contribution in [0.1, 0.15) is 24.2 Å². The highest BCUT2D eigenvalue weighted by atomic mass is 19.4. The normalized spacial score (nSPS) is 17.4. The third-order valence-corrected chi connectivity index (χ3v) is 4.40. The van der Waals surface area contributed by atoms with E-state index in [9.17, 15) is 22.8 Å². The van der Waals surface area contributed by atoms with Gasteiger partial charge in [0.15, 0.2) is 5.82 Å². The molecule has 8 nitrogen and oxygen atoms in total. The van der Waals surface area contributed by atoms with Crippen LogP contribution in [0.5, 0.6) is 0 Å². The molecule has 1 saturated heterocycles. The first kappa shape index (κ1) is 19.6. The summed E-state index contributed by atoms with van der Waals surface area (Å²) in [6.45, 7) is 1.84. The molecular formula is C17H17F3N4O4. The molecule has 28 heavy (non-hydrogen) atoms. The molecule has 1 aliphatic heterocycles. The second kappa shape index (κ2) is 7.49. The summed E-state index contributed by atoms with van der Waals surface area (Å²) in [5, 5.41) is 15.2. The van der Waals surface area contributed by atoms with Crippen LogP contribution in [-0.2, 0) is 11.0 Å². The van der Waals surface area contributed by atoms with Crippen LogP contribution in [0.3, 0.4) is 0 Å². The fourth-order valence-corrected chi connectivity index (χ4v) is 2.97. The second-order valence-corrected chi connectivity index (χ2v) is 6.46. The van der Waals surface area contributed by atoms with E-state index < -0.39 is 29.7 Å². The zero-order valence-electron chi connectivity index (χ0n) is 14.8. The van der Waals surface area contributed by atoms with E-state index in [1.807, 2.05) is 0 Å². The van der Waals surface area contributed by atoms with Crippen LogP contribution in [0.4, 0.5) is 23.7 Å². The van der Waals surface area contributed by atoms with Gasteiger partial charge in [-0.25, -0.2) is 4.79 Å². The van der Waals surface area contributed by atoms with Gasteiger partial charge in [0, 0.05) is 13.1 Å². The van der Waals surface area contributed by atoms with Crippen molar-refractivity contribution in [1.29, 1.82) is 0 Å². The van der Waals surface area contributed by atoms with Gasteiger partial charge in [0.1, 0.15) is 0 Å². The van der Waals surface area contributed by atoms with E-state index in [2.05, 4.69) is 15.5 Å². The van der Waals surface area contributed by atoms with Crippen molar-refractivity contribution >= 4 is 17.7 Å². The highest BCUT2D eigenvalue weighted by molar-refractivity contribution is 5.94. The van der Waals surface area contributed by atoms with E-state index in [-0.39, 0.29) is 29.5 Å². The number of aromatic nitrogens is 2. The predicted molar refractivity (Wildman–Crippen MR) is 90.4 cm³/mol. The van der Waals surface area contributed by atoms with Crippen LogP contribution in [0, 0.1) is 12.8 Å². The van der Waals surface area contributed by atoms with Gasteiger partial charge in [-0.15, -0.1) is 0 Å². The maximum absolute atomic E-state index is 13.1. The van der Waals surface area contributed by atoms with E-state index in [1.54, 1.807) is 6.92 Å². The summed E-state index contributed by atoms with van der Waals surface area (Å²) in [6.07, 6.45) is -3.68. The minimum atomic E-state index is -4.61. The van der Waals surface area contributed by atoms with E-state index in [4.69, 9.17) is 9.63 Å². The molecule has 2 N–H and O–H groups in total. The maximum Gasteiger partial charge on any atom is 0.416 e. The standard InChI is InChI=1S/C17H17F3N4O4/c1-9-21-14(28-23-9)12-5-4-11(17(18,19)20)7-13(12)22-16(27)24-6-2-3-10(8-24)15(25)26/h4-5,7,10H,2-3,6,8H2,1H3,(H,22,27)(H,25,26). The maximum atomic E-state index is 13.1. The molecule has 1 unspecified atom stereocenters. The van der Waals surface area contributed by atoms with Crippen molar-refractivity contribution in [3.63, 3.8) is 0 Å². The number of amides is 2. The minimum Gasteiger partial charge on any atom is -0.481 e. The van der Waals surface area contributed by atoms with Crippen molar-refractivity contribution in [1.82, 2.24) is 15.0 Å². The summed E-state index contributed by atoms with van der Waals surface area (Å²) < 4.78 is 44.3. The van der Waals surface area contributed by atoms with Crippen molar-refractivity contribution in [2.75, 3.05) is 18.4 Å². The first-order valence-corrected chi connectivity index (χ1v) is 8.46. The number of rotatable bonds is 3. The first-order chi connectivity index (χ1) is 13.1. The molecular weight excluding hydrogens is 381 g/mol. The lowest BCUT2D eigenvalue weighted by molar-refractivity contribution is -0.143. The number of carbonyl (C=O) groups excluding carboxylic acids is 1. The Bertz CT molecular complexity index is 897. The number of likely N-dealkylation sites (tertiary alicyclic amines) is 1. The molecule has 0 saturated carbocycles. The molecule has 1 aromatic heterocycles. The molecule has 2 aromatic rings. The number of hydrogen-bond acceptors (Lipinski definition) is 5. The molecule has 150 valence electrons. The van der Waals surface area contributed by atoms with Gasteiger partial charge in [-0.1, -0.05) is 5.16 Å². The van der Waals surface area contributed by atoms with Crippen LogP contribution in [-0.4, -0.2) is 45.2 Å². The molecule has 3 rings (SSSR count). The Balaban J connectivity index is 1.90. The van der Waals surface area contributed by atoms with E-state index in [0.717, 1.165) is 18.2 Å². The summed E-state index contributed by atoms with van der Waals surface area (Å²) in [5.41, 5.74) is -0.973. The molecule has 1 aliphatic rings. The summed E-state index contributed by atoms with van der Waals surface area (Å²) in [6, 6.07) is 2.08. The van der Waals surface area contributed by atoms with E-state index in [0.29, 0.717) is 19.4 Å². The van der Waals surface area contributed by atoms with Gasteiger partial charge in [-0.2, -0.15) is 18.2 Å². The van der Waals surface area contributed by atoms with Gasteiger partial charge in [0.25, 0.3) is 5.89 Å². The number of piperidine rings is 1. The average molecular weight is 398 g/mol. The van der Waals surface area contributed by atoms with Crippen molar-refractivity contribution < 1.29 is 32.4 Å². The Kier molecular flexibility index (Phi) is 5.25. The molecule has 1 fully saturated rings. The smallest absolute Gasteiger partial charge is 0.416 e. The number of urea groups is 1. The third kappa shape index (κ3) is 4.24. The number of anilines is 1. The van der Waals surface area contributed by atoms with Gasteiger partial charge in [-0.05, 0) is 38.0 Å². The Morgan fingerprint density at radius 2 is 2.11 bits per heavy atom. The SMILES string of the molecule is Cc1noc(-c2ccc(C(F)(F)F)cc2NC(=O)N2CCCC(C(=O)O)C2)n1. The van der Waals surface area contributed by atoms with Gasteiger partial charge in [0.2, 0.25) is 0 Å². The first-order valence-electron chi connectivity index (χ1n) is 8.46. The van der Waals surface area contributed by atoms with Crippen LogP contribution in [0.25, 0.3) is 11.5 Å². The number of halogens is 3. The summed E-state index contributed by atoms with van der Waals surface area (Å²) >= 11 is 0. The van der Waals surface area contributed by atoms with Crippen molar-refractivity contribution in [3.05, 3.63) is 29.6 Å². The number of nitrogens with one attached hydrogen (secondary N) is 1. The van der Waals surface area contributed by atoms with Crippen LogP contribution in [0.2, 0.25) is 0 Å². The van der Waals surface area contributed by atoms with Crippen molar-refractivity contribution in [2.45, 2.75) is 25.9 Å². The lowest BCUT2D eigenvalue weighted by Crippen LogP contribution is -2.44. The molecule has 0 spiro atoms. The number of benzene rings is 1. The molecule has 11 heteroatoms. The Morgan fingerprint density at radius 1 is 1.36 bits per heavy atom. The lowest BCUT2D eigenvalue weighted by atomic mass is 9.99. The van der Waals surface area contributed by atoms with Gasteiger partial charge in [-0.3, -0.25) is 4.79 Å². The summed E-state index contributed by atoms with van der Waals surface area (Å²) in [5.74, 6) is -1.48. The zero-order chi connectivity index (χ0) is 20.5. The topological polar surface area (TPSA) is 109 Å². The van der Waals surface area contributed by atoms with Gasteiger partial charge in [0.05, 0.1) is 22.7 Å². The van der Waals surface area contributed by atoms with Gasteiger partial charge < -0.3 is 19.8 Å². The number of aliphatic carboxylic acids is 1. The fourth-order valence-electron chi connectivity index (χ4n) is 2.97. The molecule has 2 amide bonds. The minimum absolute atomic E-state index is 0.0187. The second-order valence-electron chi connectivity index (χ2n) is 6.46. The van der Waals surface area contributed by atoms with Crippen LogP contribution in [0.15, 0.2) is 22.7 Å². The molecule has 1 aromatic carbocycles. The van der Waals surface area contributed by atoms with E-state index >= 15 is 0 Å². The monoisotopic (exact) mass is 398 g/mol. The average Bonchev–Trinajstić information content (AvgIpc) is 3.07. The largest absolute Gasteiger partial charge is 0.481 e. The Morgan fingerprint density at radius 3 is 2.71 bits per heavy atom.